The predicted octanol–water partition coefficient (Wildman–Crippen LogP) is -0.222. The lowest BCUT2D eigenvalue weighted by molar-refractivity contribution is -0.103. The first kappa shape index (κ1) is 11.3. The molecule has 1 aliphatic rings. The zero-order chi connectivity index (χ0) is 11.9. The van der Waals surface area contributed by atoms with Gasteiger partial charge in [0.05, 0.1) is 0 Å². The lowest BCUT2D eigenvalue weighted by Crippen LogP contribution is -2.40. The van der Waals surface area contributed by atoms with Crippen LogP contribution in [0, 0.1) is 0 Å². The van der Waals surface area contributed by atoms with Crippen LogP contribution in [0.5, 0.6) is 0 Å². The number of hydrogen-bond acceptors (Lipinski definition) is 4. The van der Waals surface area contributed by atoms with Crippen LogP contribution in [-0.2, 0) is 0 Å². The Morgan fingerprint density at radius 3 is 2.75 bits per heavy atom. The van der Waals surface area contributed by atoms with E-state index in [-0.39, 0.29) is 5.75 Å². The van der Waals surface area contributed by atoms with Crippen molar-refractivity contribution in [3.63, 3.8) is 0 Å². The van der Waals surface area contributed by atoms with E-state index in [4.69, 9.17) is 5.11 Å². The molecule has 2 atom stereocenters. The van der Waals surface area contributed by atoms with Crippen LogP contribution in [0.3, 0.4) is 0 Å². The number of nitrogens with zero attached hydrogens (tertiary/aromatic N) is 1. The topological polar surface area (TPSA) is 75.1 Å². The first-order valence-corrected chi connectivity index (χ1v) is 5.47. The number of alkyl halides is 2. The Morgan fingerprint density at radius 1 is 1.56 bits per heavy atom. The van der Waals surface area contributed by atoms with Gasteiger partial charge in [-0.3, -0.25) is 14.3 Å². The van der Waals surface area contributed by atoms with Crippen molar-refractivity contribution >= 4 is 11.8 Å². The predicted molar refractivity (Wildman–Crippen MR) is 53.8 cm³/mol. The molecule has 0 bridgehead atoms. The molecule has 0 aromatic carbocycles. The van der Waals surface area contributed by atoms with Gasteiger partial charge in [0.2, 0.25) is 0 Å². The van der Waals surface area contributed by atoms with Crippen molar-refractivity contribution in [2.45, 2.75) is 17.4 Å². The Kier molecular flexibility index (Phi) is 2.62. The molecular formula is C8H8F2N2O3S. The summed E-state index contributed by atoms with van der Waals surface area (Å²) in [6.45, 7) is 0. The molecule has 16 heavy (non-hydrogen) atoms. The monoisotopic (exact) mass is 250 g/mol. The van der Waals surface area contributed by atoms with Crippen molar-refractivity contribution in [1.29, 1.82) is 0 Å². The molecule has 1 aromatic rings. The molecule has 2 heterocycles. The Hall–Kier alpha value is -1.15. The molecule has 0 amide bonds. The number of rotatable bonds is 1. The first-order valence-electron chi connectivity index (χ1n) is 4.42. The van der Waals surface area contributed by atoms with Gasteiger partial charge in [0.15, 0.2) is 5.37 Å². The van der Waals surface area contributed by atoms with Crippen molar-refractivity contribution in [3.8, 4) is 0 Å². The highest BCUT2D eigenvalue weighted by Crippen LogP contribution is 2.46. The molecule has 2 N–H and O–H groups in total. The maximum atomic E-state index is 13.4. The molecule has 2 rings (SSSR count). The number of hydrogen-bond donors (Lipinski definition) is 2. The number of halogens is 2. The lowest BCUT2D eigenvalue weighted by atomic mass is 10.2. The van der Waals surface area contributed by atoms with Crippen LogP contribution in [0.15, 0.2) is 21.9 Å². The highest BCUT2D eigenvalue weighted by atomic mass is 32.2. The Bertz CT molecular complexity index is 512. The van der Waals surface area contributed by atoms with E-state index in [1.54, 1.807) is 0 Å². The normalized spacial score (nSPS) is 28.2. The quantitative estimate of drug-likeness (QED) is 0.722. The van der Waals surface area contributed by atoms with E-state index in [9.17, 15) is 18.4 Å². The minimum atomic E-state index is -3.38. The van der Waals surface area contributed by atoms with E-state index in [1.807, 2.05) is 4.98 Å². The maximum absolute atomic E-state index is 13.4. The summed E-state index contributed by atoms with van der Waals surface area (Å²) >= 11 is 0.771. The van der Waals surface area contributed by atoms with Crippen LogP contribution in [-0.4, -0.2) is 32.4 Å². The number of aromatic nitrogens is 2. The molecule has 0 aliphatic carbocycles. The summed E-state index contributed by atoms with van der Waals surface area (Å²) < 4.78 is 27.6. The molecule has 0 saturated carbocycles. The van der Waals surface area contributed by atoms with Gasteiger partial charge in [-0.25, -0.2) is 13.6 Å². The van der Waals surface area contributed by atoms with Gasteiger partial charge in [-0.2, -0.15) is 0 Å². The highest BCUT2D eigenvalue weighted by molar-refractivity contribution is 7.99. The van der Waals surface area contributed by atoms with E-state index in [2.05, 4.69) is 0 Å². The number of H-pyrrole nitrogens is 1. The summed E-state index contributed by atoms with van der Waals surface area (Å²) in [6, 6.07) is 0.989. The van der Waals surface area contributed by atoms with Crippen LogP contribution in [0.1, 0.15) is 5.37 Å². The molecule has 0 radical (unpaired) electrons. The number of nitrogens with one attached hydrogen (secondary N) is 1. The van der Waals surface area contributed by atoms with Crippen LogP contribution in [0.4, 0.5) is 8.78 Å². The Morgan fingerprint density at radius 2 is 2.25 bits per heavy atom. The maximum Gasteiger partial charge on any atom is 0.329 e. The molecule has 8 heteroatoms. The largest absolute Gasteiger partial charge is 0.386 e. The van der Waals surface area contributed by atoms with Crippen LogP contribution >= 0.6 is 11.8 Å². The van der Waals surface area contributed by atoms with Gasteiger partial charge in [0.1, 0.15) is 6.10 Å². The van der Waals surface area contributed by atoms with Crippen molar-refractivity contribution in [1.82, 2.24) is 9.55 Å². The Labute approximate surface area is 92.1 Å². The third kappa shape index (κ3) is 1.67. The van der Waals surface area contributed by atoms with Crippen molar-refractivity contribution in [2.75, 3.05) is 5.75 Å². The fourth-order valence-electron chi connectivity index (χ4n) is 1.45. The molecule has 0 unspecified atom stereocenters. The second-order valence-corrected chi connectivity index (χ2v) is 4.51. The molecule has 1 aromatic heterocycles. The van der Waals surface area contributed by atoms with Crippen molar-refractivity contribution in [3.05, 3.63) is 33.1 Å². The third-order valence-electron chi connectivity index (χ3n) is 2.29. The molecule has 5 nitrogen and oxygen atoms in total. The SMILES string of the molecule is O=c1ccn([C@H]2SC[C@@H](O)C2(F)F)c(=O)[nH]1. The van der Waals surface area contributed by atoms with Crippen LogP contribution in [0.2, 0.25) is 0 Å². The second-order valence-electron chi connectivity index (χ2n) is 3.39. The van der Waals surface area contributed by atoms with Gasteiger partial charge in [0, 0.05) is 18.0 Å². The van der Waals surface area contributed by atoms with Crippen LogP contribution < -0.4 is 11.2 Å². The third-order valence-corrected chi connectivity index (χ3v) is 3.65. The molecular weight excluding hydrogens is 242 g/mol. The summed E-state index contributed by atoms with van der Waals surface area (Å²) in [4.78, 5) is 24.0. The smallest absolute Gasteiger partial charge is 0.329 e. The summed E-state index contributed by atoms with van der Waals surface area (Å²) in [6.07, 6.45) is -0.772. The van der Waals surface area contributed by atoms with E-state index in [0.717, 1.165) is 28.6 Å². The van der Waals surface area contributed by atoms with Crippen molar-refractivity contribution in [2.24, 2.45) is 0 Å². The summed E-state index contributed by atoms with van der Waals surface area (Å²) in [5, 5.41) is 7.60. The van der Waals surface area contributed by atoms with Crippen molar-refractivity contribution < 1.29 is 13.9 Å². The zero-order valence-corrected chi connectivity index (χ0v) is 8.71. The summed E-state index contributed by atoms with van der Waals surface area (Å²) in [5.74, 6) is -3.53. The first-order chi connectivity index (χ1) is 7.43. The van der Waals surface area contributed by atoms with E-state index in [1.165, 1.54) is 0 Å². The molecule has 0 spiro atoms. The van der Waals surface area contributed by atoms with Gasteiger partial charge < -0.3 is 5.11 Å². The number of thioether (sulfide) groups is 1. The average Bonchev–Trinajstić information content (AvgIpc) is 2.44. The molecule has 1 fully saturated rings. The van der Waals surface area contributed by atoms with Gasteiger partial charge >= 0.3 is 11.6 Å². The number of aliphatic hydroxyl groups excluding tert-OH is 1. The average molecular weight is 250 g/mol. The van der Waals surface area contributed by atoms with E-state index >= 15 is 0 Å². The summed E-state index contributed by atoms with van der Waals surface area (Å²) in [5.41, 5.74) is -1.55. The number of aromatic amines is 1. The van der Waals surface area contributed by atoms with Gasteiger partial charge in [0.25, 0.3) is 5.56 Å². The Balaban J connectivity index is 2.46. The minimum absolute atomic E-state index is 0.150. The lowest BCUT2D eigenvalue weighted by Gasteiger charge is -2.21. The fourth-order valence-corrected chi connectivity index (χ4v) is 2.74. The molecule has 1 saturated heterocycles. The van der Waals surface area contributed by atoms with Gasteiger partial charge in [-0.05, 0) is 0 Å². The summed E-state index contributed by atoms with van der Waals surface area (Å²) in [7, 11) is 0. The second kappa shape index (κ2) is 3.70. The molecule has 1 aliphatic heterocycles. The van der Waals surface area contributed by atoms with Gasteiger partial charge in [-0.15, -0.1) is 11.8 Å². The number of aliphatic hydroxyl groups is 1. The minimum Gasteiger partial charge on any atom is -0.386 e. The zero-order valence-electron chi connectivity index (χ0n) is 7.89. The van der Waals surface area contributed by atoms with Crippen LogP contribution in [0.25, 0.3) is 0 Å². The van der Waals surface area contributed by atoms with E-state index in [0.29, 0.717) is 0 Å². The van der Waals surface area contributed by atoms with Gasteiger partial charge in [-0.1, -0.05) is 0 Å². The standard InChI is InChI=1S/C8H8F2N2O3S/c9-8(10)4(13)3-16-6(8)12-2-1-5(14)11-7(12)15/h1-2,4,6,13H,3H2,(H,11,14,15)/t4-,6+/m1/s1. The highest BCUT2D eigenvalue weighted by Gasteiger charge is 2.53. The molecule has 88 valence electrons. The fraction of sp³-hybridized carbons (Fsp3) is 0.500. The van der Waals surface area contributed by atoms with E-state index < -0.39 is 28.6 Å².